The fourth-order valence-electron chi connectivity index (χ4n) is 2.30. The van der Waals surface area contributed by atoms with E-state index in [4.69, 9.17) is 5.84 Å². The first-order chi connectivity index (χ1) is 9.11. The summed E-state index contributed by atoms with van der Waals surface area (Å²) in [6, 6.07) is 14.9. The van der Waals surface area contributed by atoms with Gasteiger partial charge in [0.15, 0.2) is 0 Å². The second-order valence-corrected chi connectivity index (χ2v) is 5.77. The molecule has 0 aliphatic heterocycles. The molecule has 0 aliphatic carbocycles. The van der Waals surface area contributed by atoms with Crippen molar-refractivity contribution in [3.8, 4) is 0 Å². The minimum absolute atomic E-state index is 0.124. The third-order valence-electron chi connectivity index (χ3n) is 3.50. The van der Waals surface area contributed by atoms with Gasteiger partial charge in [-0.25, -0.2) is 0 Å². The van der Waals surface area contributed by atoms with E-state index in [1.807, 2.05) is 0 Å². The number of halogens is 1. The Hall–Kier alpha value is -1.16. The van der Waals surface area contributed by atoms with Crippen LogP contribution in [-0.2, 0) is 6.42 Å². The largest absolute Gasteiger partial charge is 0.271 e. The molecule has 2 aromatic rings. The van der Waals surface area contributed by atoms with E-state index in [0.717, 1.165) is 10.9 Å². The van der Waals surface area contributed by atoms with Crippen molar-refractivity contribution in [2.24, 2.45) is 5.84 Å². The first kappa shape index (κ1) is 14.3. The van der Waals surface area contributed by atoms with E-state index in [0.29, 0.717) is 0 Å². The monoisotopic (exact) mass is 318 g/mol. The molecule has 2 aromatic carbocycles. The molecular formula is C16H19BrN2. The number of benzene rings is 2. The topological polar surface area (TPSA) is 38.0 Å². The number of hydrogen-bond acceptors (Lipinski definition) is 2. The second-order valence-electron chi connectivity index (χ2n) is 4.85. The van der Waals surface area contributed by atoms with Crippen molar-refractivity contribution in [3.05, 3.63) is 69.2 Å². The van der Waals surface area contributed by atoms with Gasteiger partial charge < -0.3 is 0 Å². The van der Waals surface area contributed by atoms with Crippen LogP contribution in [0.5, 0.6) is 0 Å². The maximum atomic E-state index is 5.76. The van der Waals surface area contributed by atoms with Gasteiger partial charge in [0.2, 0.25) is 0 Å². The van der Waals surface area contributed by atoms with Gasteiger partial charge in [-0.15, -0.1) is 0 Å². The smallest absolute Gasteiger partial charge is 0.0503 e. The molecule has 0 aliphatic rings. The molecular weight excluding hydrogens is 300 g/mol. The van der Waals surface area contributed by atoms with Crippen LogP contribution in [0.15, 0.2) is 46.9 Å². The lowest BCUT2D eigenvalue weighted by molar-refractivity contribution is 0.548. The summed E-state index contributed by atoms with van der Waals surface area (Å²) in [6.07, 6.45) is 0.889. The zero-order valence-corrected chi connectivity index (χ0v) is 12.9. The predicted molar refractivity (Wildman–Crippen MR) is 83.8 cm³/mol. The molecule has 0 heterocycles. The van der Waals surface area contributed by atoms with Crippen LogP contribution in [0.25, 0.3) is 0 Å². The number of nitrogens with two attached hydrogens (primary N) is 1. The van der Waals surface area contributed by atoms with Crippen molar-refractivity contribution >= 4 is 15.9 Å². The van der Waals surface area contributed by atoms with Gasteiger partial charge >= 0.3 is 0 Å². The number of aryl methyl sites for hydroxylation is 2. The van der Waals surface area contributed by atoms with E-state index in [1.54, 1.807) is 0 Å². The molecule has 0 aromatic heterocycles. The maximum Gasteiger partial charge on any atom is 0.0503 e. The quantitative estimate of drug-likeness (QED) is 0.664. The number of rotatable bonds is 4. The van der Waals surface area contributed by atoms with Crippen molar-refractivity contribution in [1.29, 1.82) is 0 Å². The highest BCUT2D eigenvalue weighted by molar-refractivity contribution is 9.10. The average molecular weight is 319 g/mol. The minimum Gasteiger partial charge on any atom is -0.271 e. The lowest BCUT2D eigenvalue weighted by Crippen LogP contribution is -2.30. The number of nitrogens with one attached hydrogen (secondary N) is 1. The Labute approximate surface area is 123 Å². The van der Waals surface area contributed by atoms with Gasteiger partial charge in [-0.2, -0.15) is 0 Å². The molecule has 2 nitrogen and oxygen atoms in total. The summed E-state index contributed by atoms with van der Waals surface area (Å²) in [6.45, 7) is 4.25. The highest BCUT2D eigenvalue weighted by Crippen LogP contribution is 2.25. The van der Waals surface area contributed by atoms with Crippen LogP contribution in [0.2, 0.25) is 0 Å². The van der Waals surface area contributed by atoms with Crippen molar-refractivity contribution in [2.45, 2.75) is 26.3 Å². The zero-order valence-electron chi connectivity index (χ0n) is 11.3. The molecule has 0 spiro atoms. The van der Waals surface area contributed by atoms with E-state index in [9.17, 15) is 0 Å². The minimum atomic E-state index is 0.124. The summed E-state index contributed by atoms with van der Waals surface area (Å²) in [5.41, 5.74) is 8.05. The van der Waals surface area contributed by atoms with Crippen LogP contribution in [0.1, 0.15) is 28.3 Å². The predicted octanol–water partition coefficient (Wildman–Crippen LogP) is 3.81. The molecule has 0 saturated carbocycles. The summed E-state index contributed by atoms with van der Waals surface area (Å²) >= 11 is 3.53. The van der Waals surface area contributed by atoms with E-state index in [-0.39, 0.29) is 6.04 Å². The summed E-state index contributed by atoms with van der Waals surface area (Å²) < 4.78 is 1.08. The van der Waals surface area contributed by atoms with Gasteiger partial charge in [-0.3, -0.25) is 11.3 Å². The Morgan fingerprint density at radius 3 is 2.53 bits per heavy atom. The maximum absolute atomic E-state index is 5.76. The van der Waals surface area contributed by atoms with Gasteiger partial charge in [-0.05, 0) is 54.7 Å². The van der Waals surface area contributed by atoms with Crippen LogP contribution < -0.4 is 11.3 Å². The molecule has 1 unspecified atom stereocenters. The van der Waals surface area contributed by atoms with Crippen LogP contribution in [0.3, 0.4) is 0 Å². The SMILES string of the molecule is Cc1ccccc1CC(NN)c1cc(Br)ccc1C. The third-order valence-corrected chi connectivity index (χ3v) is 4.00. The molecule has 3 heteroatoms. The van der Waals surface area contributed by atoms with Crippen LogP contribution in [0, 0.1) is 13.8 Å². The fourth-order valence-corrected chi connectivity index (χ4v) is 2.68. The molecule has 1 atom stereocenters. The molecule has 0 radical (unpaired) electrons. The summed E-state index contributed by atoms with van der Waals surface area (Å²) in [7, 11) is 0. The van der Waals surface area contributed by atoms with Crippen molar-refractivity contribution < 1.29 is 0 Å². The Bertz CT molecular complexity index is 566. The van der Waals surface area contributed by atoms with Crippen LogP contribution in [0.4, 0.5) is 0 Å². The molecule has 0 amide bonds. The Morgan fingerprint density at radius 2 is 1.84 bits per heavy atom. The molecule has 19 heavy (non-hydrogen) atoms. The highest BCUT2D eigenvalue weighted by atomic mass is 79.9. The summed E-state index contributed by atoms with van der Waals surface area (Å²) in [5, 5.41) is 0. The van der Waals surface area contributed by atoms with Crippen molar-refractivity contribution in [3.63, 3.8) is 0 Å². The zero-order chi connectivity index (χ0) is 13.8. The van der Waals surface area contributed by atoms with E-state index >= 15 is 0 Å². The van der Waals surface area contributed by atoms with Gasteiger partial charge in [0, 0.05) is 4.47 Å². The summed E-state index contributed by atoms with van der Waals surface area (Å²) in [4.78, 5) is 0. The van der Waals surface area contributed by atoms with Crippen LogP contribution >= 0.6 is 15.9 Å². The van der Waals surface area contributed by atoms with E-state index < -0.39 is 0 Å². The Morgan fingerprint density at radius 1 is 1.11 bits per heavy atom. The average Bonchev–Trinajstić information content (AvgIpc) is 2.41. The molecule has 0 bridgehead atoms. The van der Waals surface area contributed by atoms with E-state index in [2.05, 4.69) is 77.7 Å². The van der Waals surface area contributed by atoms with E-state index in [1.165, 1.54) is 22.3 Å². The van der Waals surface area contributed by atoms with Crippen molar-refractivity contribution in [1.82, 2.24) is 5.43 Å². The molecule has 0 fully saturated rings. The Kier molecular flexibility index (Phi) is 4.75. The number of hydrogen-bond donors (Lipinski definition) is 2. The second kappa shape index (κ2) is 6.33. The summed E-state index contributed by atoms with van der Waals surface area (Å²) in [5.74, 6) is 5.76. The normalized spacial score (nSPS) is 12.4. The van der Waals surface area contributed by atoms with Gasteiger partial charge in [0.05, 0.1) is 6.04 Å². The highest BCUT2D eigenvalue weighted by Gasteiger charge is 2.14. The lowest BCUT2D eigenvalue weighted by Gasteiger charge is -2.20. The fraction of sp³-hybridized carbons (Fsp3) is 0.250. The van der Waals surface area contributed by atoms with Crippen molar-refractivity contribution in [2.75, 3.05) is 0 Å². The first-order valence-electron chi connectivity index (χ1n) is 6.38. The molecule has 2 rings (SSSR count). The molecule has 0 saturated heterocycles. The molecule has 3 N–H and O–H groups in total. The van der Waals surface area contributed by atoms with Gasteiger partial charge in [0.25, 0.3) is 0 Å². The molecule has 100 valence electrons. The van der Waals surface area contributed by atoms with Crippen LogP contribution in [-0.4, -0.2) is 0 Å². The third kappa shape index (κ3) is 3.44. The first-order valence-corrected chi connectivity index (χ1v) is 7.18. The Balaban J connectivity index is 2.30. The number of hydrazine groups is 1. The van der Waals surface area contributed by atoms with Gasteiger partial charge in [0.1, 0.15) is 0 Å². The van der Waals surface area contributed by atoms with Gasteiger partial charge in [-0.1, -0.05) is 46.3 Å². The lowest BCUT2D eigenvalue weighted by atomic mass is 9.94. The standard InChI is InChI=1S/C16H19BrN2/c1-11-5-3-4-6-13(11)9-16(19-18)15-10-14(17)8-7-12(15)2/h3-8,10,16,19H,9,18H2,1-2H3.